The summed E-state index contributed by atoms with van der Waals surface area (Å²) in [6.45, 7) is 3.71. The van der Waals surface area contributed by atoms with Crippen LogP contribution in [-0.2, 0) is 4.79 Å². The molecule has 2 aliphatic heterocycles. The third-order valence-electron chi connectivity index (χ3n) is 4.85. The summed E-state index contributed by atoms with van der Waals surface area (Å²) in [5, 5.41) is 7.44. The topological polar surface area (TPSA) is 61.4 Å². The molecule has 140 valence electrons. The molecule has 3 heterocycles. The van der Waals surface area contributed by atoms with E-state index in [4.69, 9.17) is 0 Å². The lowest BCUT2D eigenvalue weighted by molar-refractivity contribution is -0.110. The monoisotopic (exact) mass is 385 g/mol. The molecule has 2 aliphatic rings. The van der Waals surface area contributed by atoms with Crippen molar-refractivity contribution < 1.29 is 14.0 Å². The van der Waals surface area contributed by atoms with Crippen molar-refractivity contribution in [3.8, 4) is 0 Å². The van der Waals surface area contributed by atoms with Gasteiger partial charge in [0.1, 0.15) is 5.82 Å². The third kappa shape index (κ3) is 3.94. The Morgan fingerprint density at radius 2 is 2.11 bits per heavy atom. The molecular weight excluding hydrogens is 365 g/mol. The predicted molar refractivity (Wildman–Crippen MR) is 105 cm³/mol. The highest BCUT2D eigenvalue weighted by Gasteiger charge is 2.24. The van der Waals surface area contributed by atoms with Gasteiger partial charge in [0.2, 0.25) is 0 Å². The van der Waals surface area contributed by atoms with Gasteiger partial charge in [0.25, 0.3) is 11.8 Å². The van der Waals surface area contributed by atoms with E-state index in [0.717, 1.165) is 24.5 Å². The standard InChI is InChI=1S/C20H20FN3O2S/c21-14-3-4-18-16(10-14)17(20(26)23-18)11-15-9-13(12-27-15)19(25)22-5-8-24-6-1-2-7-24/h3-4,9-12H,1-2,5-8H2,(H,22,25)(H,23,26)/b17-11-. The third-order valence-corrected chi connectivity index (χ3v) is 5.73. The number of nitrogens with one attached hydrogen (secondary N) is 2. The minimum absolute atomic E-state index is 0.114. The number of hydrogen-bond acceptors (Lipinski definition) is 4. The molecule has 1 saturated heterocycles. The summed E-state index contributed by atoms with van der Waals surface area (Å²) < 4.78 is 13.5. The van der Waals surface area contributed by atoms with Gasteiger partial charge in [-0.2, -0.15) is 0 Å². The minimum atomic E-state index is -0.389. The molecule has 5 nitrogen and oxygen atoms in total. The van der Waals surface area contributed by atoms with Crippen LogP contribution in [0.3, 0.4) is 0 Å². The molecule has 1 aromatic heterocycles. The van der Waals surface area contributed by atoms with Crippen molar-refractivity contribution >= 4 is 40.5 Å². The SMILES string of the molecule is O=C1Nc2ccc(F)cc2/C1=C/c1cc(C(=O)NCCN2CCCC2)cs1. The van der Waals surface area contributed by atoms with E-state index in [2.05, 4.69) is 15.5 Å². The number of rotatable bonds is 5. The number of halogens is 1. The maximum Gasteiger partial charge on any atom is 0.256 e. The van der Waals surface area contributed by atoms with Gasteiger partial charge in [-0.15, -0.1) is 11.3 Å². The lowest BCUT2D eigenvalue weighted by Gasteiger charge is -2.14. The summed E-state index contributed by atoms with van der Waals surface area (Å²) in [6.07, 6.45) is 4.17. The van der Waals surface area contributed by atoms with Crippen molar-refractivity contribution in [1.29, 1.82) is 0 Å². The Bertz CT molecular complexity index is 916. The Morgan fingerprint density at radius 1 is 1.30 bits per heavy atom. The molecule has 0 saturated carbocycles. The van der Waals surface area contributed by atoms with Crippen molar-refractivity contribution in [2.45, 2.75) is 12.8 Å². The summed E-state index contributed by atoms with van der Waals surface area (Å²) in [4.78, 5) is 27.6. The molecule has 0 aliphatic carbocycles. The van der Waals surface area contributed by atoms with E-state index in [1.165, 1.54) is 36.3 Å². The molecule has 0 bridgehead atoms. The smallest absolute Gasteiger partial charge is 0.256 e. The average molecular weight is 385 g/mol. The van der Waals surface area contributed by atoms with Crippen LogP contribution < -0.4 is 10.6 Å². The van der Waals surface area contributed by atoms with Crippen molar-refractivity contribution in [3.05, 3.63) is 51.5 Å². The van der Waals surface area contributed by atoms with Crippen molar-refractivity contribution in [3.63, 3.8) is 0 Å². The summed E-state index contributed by atoms with van der Waals surface area (Å²) >= 11 is 1.38. The number of nitrogens with zero attached hydrogens (tertiary/aromatic N) is 1. The van der Waals surface area contributed by atoms with Crippen LogP contribution in [0.2, 0.25) is 0 Å². The Morgan fingerprint density at radius 3 is 2.93 bits per heavy atom. The van der Waals surface area contributed by atoms with Gasteiger partial charge < -0.3 is 15.5 Å². The zero-order valence-electron chi connectivity index (χ0n) is 14.8. The fourth-order valence-electron chi connectivity index (χ4n) is 3.43. The lowest BCUT2D eigenvalue weighted by Crippen LogP contribution is -2.33. The van der Waals surface area contributed by atoms with Crippen LogP contribution in [0, 0.1) is 5.82 Å². The van der Waals surface area contributed by atoms with E-state index in [9.17, 15) is 14.0 Å². The fraction of sp³-hybridized carbons (Fsp3) is 0.300. The normalized spacial score (nSPS) is 18.0. The molecule has 4 rings (SSSR count). The van der Waals surface area contributed by atoms with Gasteiger partial charge in [0, 0.05) is 34.6 Å². The van der Waals surface area contributed by atoms with Gasteiger partial charge in [-0.3, -0.25) is 9.59 Å². The number of anilines is 1. The molecule has 2 N–H and O–H groups in total. The summed E-state index contributed by atoms with van der Waals surface area (Å²) in [7, 11) is 0. The molecule has 0 spiro atoms. The number of thiophene rings is 1. The Labute approximate surface area is 160 Å². The highest BCUT2D eigenvalue weighted by molar-refractivity contribution is 7.11. The maximum absolute atomic E-state index is 13.5. The first-order valence-corrected chi connectivity index (χ1v) is 9.90. The molecule has 27 heavy (non-hydrogen) atoms. The first-order chi connectivity index (χ1) is 13.1. The van der Waals surface area contributed by atoms with Crippen molar-refractivity contribution in [2.24, 2.45) is 0 Å². The van der Waals surface area contributed by atoms with Crippen LogP contribution in [-0.4, -0.2) is 42.9 Å². The first-order valence-electron chi connectivity index (χ1n) is 9.02. The van der Waals surface area contributed by atoms with Crippen LogP contribution in [0.15, 0.2) is 29.6 Å². The zero-order chi connectivity index (χ0) is 18.8. The highest BCUT2D eigenvalue weighted by atomic mass is 32.1. The van der Waals surface area contributed by atoms with Crippen molar-refractivity contribution in [1.82, 2.24) is 10.2 Å². The predicted octanol–water partition coefficient (Wildman–Crippen LogP) is 3.21. The van der Waals surface area contributed by atoms with Gasteiger partial charge in [-0.1, -0.05) is 0 Å². The number of fused-ring (bicyclic) bond motifs is 1. The Kier molecular flexibility index (Phi) is 5.05. The van der Waals surface area contributed by atoms with Crippen LogP contribution in [0.4, 0.5) is 10.1 Å². The highest BCUT2D eigenvalue weighted by Crippen LogP contribution is 2.34. The van der Waals surface area contributed by atoms with Crippen LogP contribution in [0.1, 0.15) is 33.6 Å². The number of carbonyl (C=O) groups excluding carboxylic acids is 2. The van der Waals surface area contributed by atoms with Crippen LogP contribution in [0.5, 0.6) is 0 Å². The number of benzene rings is 1. The van der Waals surface area contributed by atoms with Gasteiger partial charge in [-0.25, -0.2) is 4.39 Å². The summed E-state index contributed by atoms with van der Waals surface area (Å²) in [5.41, 5.74) is 2.13. The molecule has 0 atom stereocenters. The average Bonchev–Trinajstić information content (AvgIpc) is 3.37. The summed E-state index contributed by atoms with van der Waals surface area (Å²) in [6, 6.07) is 5.97. The molecule has 2 amide bonds. The van der Waals surface area contributed by atoms with E-state index in [-0.39, 0.29) is 17.6 Å². The zero-order valence-corrected chi connectivity index (χ0v) is 15.6. The minimum Gasteiger partial charge on any atom is -0.351 e. The van der Waals surface area contributed by atoms with E-state index < -0.39 is 0 Å². The first kappa shape index (κ1) is 17.9. The molecular formula is C20H20FN3O2S. The van der Waals surface area contributed by atoms with Gasteiger partial charge in [-0.05, 0) is 56.3 Å². The number of likely N-dealkylation sites (tertiary alicyclic amines) is 1. The number of carbonyl (C=O) groups is 2. The Hall–Kier alpha value is -2.51. The molecule has 0 unspecified atom stereocenters. The second-order valence-corrected chi connectivity index (χ2v) is 7.69. The van der Waals surface area contributed by atoms with Gasteiger partial charge in [0.05, 0.1) is 11.1 Å². The van der Waals surface area contributed by atoms with Crippen LogP contribution >= 0.6 is 11.3 Å². The van der Waals surface area contributed by atoms with E-state index in [1.807, 2.05) is 0 Å². The number of hydrogen-bond donors (Lipinski definition) is 2. The molecule has 7 heteroatoms. The quantitative estimate of drug-likeness (QED) is 0.777. The van der Waals surface area contributed by atoms with E-state index in [1.54, 1.807) is 23.6 Å². The lowest BCUT2D eigenvalue weighted by atomic mass is 10.1. The second kappa shape index (κ2) is 7.62. The Balaban J connectivity index is 1.43. The fourth-order valence-corrected chi connectivity index (χ4v) is 4.25. The van der Waals surface area contributed by atoms with Gasteiger partial charge >= 0.3 is 0 Å². The molecule has 2 aromatic rings. The molecule has 1 fully saturated rings. The van der Waals surface area contributed by atoms with E-state index in [0.29, 0.717) is 28.9 Å². The van der Waals surface area contributed by atoms with Gasteiger partial charge in [0.15, 0.2) is 0 Å². The molecule has 1 aromatic carbocycles. The van der Waals surface area contributed by atoms with Crippen molar-refractivity contribution in [2.75, 3.05) is 31.5 Å². The van der Waals surface area contributed by atoms with E-state index >= 15 is 0 Å². The largest absolute Gasteiger partial charge is 0.351 e. The van der Waals surface area contributed by atoms with Crippen LogP contribution in [0.25, 0.3) is 11.6 Å². The number of amides is 2. The maximum atomic E-state index is 13.5. The second-order valence-electron chi connectivity index (χ2n) is 6.74. The summed E-state index contributed by atoms with van der Waals surface area (Å²) in [5.74, 6) is -0.765. The molecule has 0 radical (unpaired) electrons.